The molecule has 2 aliphatic rings. The molecule has 1 amide bonds. The van der Waals surface area contributed by atoms with Gasteiger partial charge in [0.2, 0.25) is 0 Å². The fourth-order valence-corrected chi connectivity index (χ4v) is 3.63. The van der Waals surface area contributed by atoms with Crippen LogP contribution in [-0.2, 0) is 10.3 Å². The first-order chi connectivity index (χ1) is 12.3. The number of ether oxygens (including phenoxy) is 2. The van der Waals surface area contributed by atoms with E-state index in [1.807, 2.05) is 54.7 Å². The van der Waals surface area contributed by atoms with Gasteiger partial charge in [0.15, 0.2) is 17.2 Å². The van der Waals surface area contributed by atoms with Crippen LogP contribution in [0.4, 0.5) is 4.79 Å². The van der Waals surface area contributed by atoms with Crippen molar-refractivity contribution in [1.82, 2.24) is 14.7 Å². The van der Waals surface area contributed by atoms with E-state index in [9.17, 15) is 9.59 Å². The second-order valence-corrected chi connectivity index (χ2v) is 9.68. The Morgan fingerprint density at radius 3 is 2.33 bits per heavy atom. The minimum atomic E-state index is -0.589. The number of aromatic nitrogens is 2. The number of nitrogens with zero attached hydrogens (tertiary/aromatic N) is 3. The van der Waals surface area contributed by atoms with Gasteiger partial charge in [-0.15, -0.1) is 0 Å². The van der Waals surface area contributed by atoms with Crippen molar-refractivity contribution < 1.29 is 19.1 Å². The van der Waals surface area contributed by atoms with Crippen molar-refractivity contribution in [2.24, 2.45) is 5.92 Å². The average molecular weight is 377 g/mol. The van der Waals surface area contributed by atoms with Crippen LogP contribution >= 0.6 is 0 Å². The lowest BCUT2D eigenvalue weighted by Crippen LogP contribution is -2.57. The van der Waals surface area contributed by atoms with Crippen LogP contribution in [0.2, 0.25) is 0 Å². The Bertz CT molecular complexity index is 746. The van der Waals surface area contributed by atoms with E-state index < -0.39 is 11.2 Å². The SMILES string of the molecule is CC1C(=O)c2nn(C(C)(C)C)cc2OC12CCN(C(=O)OC(C)(C)C)CC2. The van der Waals surface area contributed by atoms with Gasteiger partial charge in [-0.05, 0) is 41.5 Å². The van der Waals surface area contributed by atoms with Crippen LogP contribution in [0.15, 0.2) is 6.20 Å². The molecule has 7 heteroatoms. The minimum absolute atomic E-state index is 0.0185. The summed E-state index contributed by atoms with van der Waals surface area (Å²) in [6, 6.07) is 0. The van der Waals surface area contributed by atoms with Crippen LogP contribution in [0.3, 0.4) is 0 Å². The number of hydrogen-bond acceptors (Lipinski definition) is 5. The van der Waals surface area contributed by atoms with E-state index in [2.05, 4.69) is 5.10 Å². The summed E-state index contributed by atoms with van der Waals surface area (Å²) in [5, 5.41) is 4.47. The number of hydrogen-bond donors (Lipinski definition) is 0. The van der Waals surface area contributed by atoms with E-state index in [-0.39, 0.29) is 23.3 Å². The predicted molar refractivity (Wildman–Crippen MR) is 101 cm³/mol. The normalized spacial score (nSPS) is 22.4. The fraction of sp³-hybridized carbons (Fsp3) is 0.750. The quantitative estimate of drug-likeness (QED) is 0.690. The summed E-state index contributed by atoms with van der Waals surface area (Å²) in [5.74, 6) is 0.276. The molecule has 1 spiro atoms. The standard InChI is InChI=1S/C20H31N3O4/c1-13-16(24)15-14(12-23(21-15)18(2,3)4)26-20(13)8-10-22(11-9-20)17(25)27-19(5,6)7/h12-13H,8-11H2,1-7H3. The number of Topliss-reactive ketones (excluding diaryl/α,β-unsaturated/α-hetero) is 1. The second kappa shape index (κ2) is 6.24. The molecule has 7 nitrogen and oxygen atoms in total. The summed E-state index contributed by atoms with van der Waals surface area (Å²) in [6.45, 7) is 14.6. The van der Waals surface area contributed by atoms with Gasteiger partial charge in [0.25, 0.3) is 0 Å². The van der Waals surface area contributed by atoms with Gasteiger partial charge in [0, 0.05) is 25.9 Å². The number of fused-ring (bicyclic) bond motifs is 1. The maximum absolute atomic E-state index is 13.0. The lowest BCUT2D eigenvalue weighted by molar-refractivity contribution is -0.0448. The molecule has 1 unspecified atom stereocenters. The molecule has 0 aliphatic carbocycles. The molecule has 1 atom stereocenters. The number of carbonyl (C=O) groups excluding carboxylic acids is 2. The maximum Gasteiger partial charge on any atom is 0.410 e. The van der Waals surface area contributed by atoms with Crippen LogP contribution in [0.1, 0.15) is 71.8 Å². The Morgan fingerprint density at radius 2 is 1.81 bits per heavy atom. The highest BCUT2D eigenvalue weighted by atomic mass is 16.6. The van der Waals surface area contributed by atoms with E-state index in [0.29, 0.717) is 37.4 Å². The van der Waals surface area contributed by atoms with E-state index in [0.717, 1.165) is 0 Å². The van der Waals surface area contributed by atoms with E-state index in [4.69, 9.17) is 9.47 Å². The molecule has 0 N–H and O–H groups in total. The number of ketones is 1. The number of rotatable bonds is 0. The summed E-state index contributed by atoms with van der Waals surface area (Å²) in [5.41, 5.74) is -0.920. The average Bonchev–Trinajstić information content (AvgIpc) is 2.96. The molecule has 0 radical (unpaired) electrons. The van der Waals surface area contributed by atoms with Gasteiger partial charge in [0.1, 0.15) is 11.2 Å². The van der Waals surface area contributed by atoms with Crippen molar-refractivity contribution in [3.05, 3.63) is 11.9 Å². The van der Waals surface area contributed by atoms with Gasteiger partial charge in [0.05, 0.1) is 17.7 Å². The largest absolute Gasteiger partial charge is 0.482 e. The molecule has 2 aliphatic heterocycles. The summed E-state index contributed by atoms with van der Waals surface area (Å²) in [4.78, 5) is 27.0. The summed E-state index contributed by atoms with van der Waals surface area (Å²) in [7, 11) is 0. The third kappa shape index (κ3) is 3.69. The zero-order valence-electron chi connectivity index (χ0n) is 17.5. The van der Waals surface area contributed by atoms with Crippen LogP contribution in [-0.4, -0.2) is 50.8 Å². The van der Waals surface area contributed by atoms with E-state index >= 15 is 0 Å². The summed E-state index contributed by atoms with van der Waals surface area (Å²) < 4.78 is 13.6. The second-order valence-electron chi connectivity index (χ2n) is 9.68. The van der Waals surface area contributed by atoms with E-state index in [1.54, 1.807) is 9.58 Å². The zero-order chi connectivity index (χ0) is 20.2. The highest BCUT2D eigenvalue weighted by molar-refractivity contribution is 6.00. The Hall–Kier alpha value is -2.05. The number of carbonyl (C=O) groups is 2. The number of piperidine rings is 1. The first-order valence-electron chi connectivity index (χ1n) is 9.64. The molecular formula is C20H31N3O4. The first kappa shape index (κ1) is 19.7. The van der Waals surface area contributed by atoms with Crippen LogP contribution < -0.4 is 4.74 Å². The lowest BCUT2D eigenvalue weighted by Gasteiger charge is -2.46. The predicted octanol–water partition coefficient (Wildman–Crippen LogP) is 3.62. The maximum atomic E-state index is 13.0. The molecule has 3 heterocycles. The van der Waals surface area contributed by atoms with Crippen molar-refractivity contribution in [2.45, 2.75) is 78.0 Å². The highest BCUT2D eigenvalue weighted by Gasteiger charge is 2.51. The van der Waals surface area contributed by atoms with Gasteiger partial charge in [-0.2, -0.15) is 5.10 Å². The molecule has 3 rings (SSSR count). The fourth-order valence-electron chi connectivity index (χ4n) is 3.63. The van der Waals surface area contributed by atoms with E-state index in [1.165, 1.54) is 0 Å². The van der Waals surface area contributed by atoms with Crippen molar-refractivity contribution in [3.8, 4) is 5.75 Å². The molecule has 1 saturated heterocycles. The van der Waals surface area contributed by atoms with Crippen molar-refractivity contribution in [1.29, 1.82) is 0 Å². The monoisotopic (exact) mass is 377 g/mol. The smallest absolute Gasteiger partial charge is 0.410 e. The molecule has 0 aromatic carbocycles. The molecule has 1 aromatic rings. The Labute approximate surface area is 161 Å². The number of amides is 1. The van der Waals surface area contributed by atoms with Gasteiger partial charge < -0.3 is 14.4 Å². The van der Waals surface area contributed by atoms with Crippen molar-refractivity contribution in [2.75, 3.05) is 13.1 Å². The minimum Gasteiger partial charge on any atom is -0.482 e. The van der Waals surface area contributed by atoms with Gasteiger partial charge >= 0.3 is 6.09 Å². The van der Waals surface area contributed by atoms with Crippen molar-refractivity contribution >= 4 is 11.9 Å². The summed E-state index contributed by atoms with van der Waals surface area (Å²) >= 11 is 0. The van der Waals surface area contributed by atoms with Gasteiger partial charge in [-0.25, -0.2) is 4.79 Å². The molecule has 1 aromatic heterocycles. The third-order valence-electron chi connectivity index (χ3n) is 5.36. The Balaban J connectivity index is 1.78. The Kier molecular flexibility index (Phi) is 4.56. The van der Waals surface area contributed by atoms with Gasteiger partial charge in [-0.3, -0.25) is 9.48 Å². The molecule has 0 saturated carbocycles. The van der Waals surface area contributed by atoms with Crippen LogP contribution in [0, 0.1) is 5.92 Å². The van der Waals surface area contributed by atoms with Crippen LogP contribution in [0.5, 0.6) is 5.75 Å². The molecular weight excluding hydrogens is 346 g/mol. The Morgan fingerprint density at radius 1 is 1.22 bits per heavy atom. The van der Waals surface area contributed by atoms with Gasteiger partial charge in [-0.1, -0.05) is 6.92 Å². The molecule has 1 fully saturated rings. The third-order valence-corrected chi connectivity index (χ3v) is 5.36. The molecule has 0 bridgehead atoms. The first-order valence-corrected chi connectivity index (χ1v) is 9.64. The lowest BCUT2D eigenvalue weighted by atomic mass is 9.76. The molecule has 27 heavy (non-hydrogen) atoms. The molecule has 150 valence electrons. The van der Waals surface area contributed by atoms with Crippen LogP contribution in [0.25, 0.3) is 0 Å². The topological polar surface area (TPSA) is 73.7 Å². The summed E-state index contributed by atoms with van der Waals surface area (Å²) in [6.07, 6.45) is 2.70. The zero-order valence-corrected chi connectivity index (χ0v) is 17.5. The van der Waals surface area contributed by atoms with Crippen molar-refractivity contribution in [3.63, 3.8) is 0 Å². The number of likely N-dealkylation sites (tertiary alicyclic amines) is 1. The highest BCUT2D eigenvalue weighted by Crippen LogP contribution is 2.43.